The molecule has 0 aliphatic carbocycles. The molecule has 8 heteroatoms. The monoisotopic (exact) mass is 408 g/mol. The summed E-state index contributed by atoms with van der Waals surface area (Å²) in [5.74, 6) is 1.70. The maximum atomic E-state index is 12.4. The van der Waals surface area contributed by atoms with Crippen molar-refractivity contribution in [3.05, 3.63) is 60.7 Å². The quantitative estimate of drug-likeness (QED) is 0.616. The maximum Gasteiger partial charge on any atom is 0.262 e. The van der Waals surface area contributed by atoms with Crippen LogP contribution in [-0.4, -0.2) is 39.5 Å². The number of aromatic nitrogens is 3. The van der Waals surface area contributed by atoms with Gasteiger partial charge in [-0.3, -0.25) is 4.79 Å². The second-order valence-electron chi connectivity index (χ2n) is 7.65. The lowest BCUT2D eigenvalue weighted by Crippen LogP contribution is -2.25. The molecule has 0 saturated carbocycles. The molecule has 2 heterocycles. The first kappa shape index (κ1) is 19.8. The van der Waals surface area contributed by atoms with Crippen molar-refractivity contribution in [3.63, 3.8) is 0 Å². The Hall–Kier alpha value is -3.55. The van der Waals surface area contributed by atoms with Gasteiger partial charge in [-0.05, 0) is 32.0 Å². The van der Waals surface area contributed by atoms with Crippen LogP contribution in [0.25, 0.3) is 0 Å². The predicted molar refractivity (Wildman–Crippen MR) is 111 cm³/mol. The molecule has 0 radical (unpaired) electrons. The lowest BCUT2D eigenvalue weighted by atomic mass is 10.0. The SMILES string of the molecule is CC1(C)Cc2cccc(OCC(=O)Nc3cccc(OCCn4cncn4)c3)c2O1. The van der Waals surface area contributed by atoms with Crippen LogP contribution in [0.4, 0.5) is 5.69 Å². The highest BCUT2D eigenvalue weighted by molar-refractivity contribution is 5.92. The second kappa shape index (κ2) is 8.44. The van der Waals surface area contributed by atoms with Crippen molar-refractivity contribution in [2.45, 2.75) is 32.4 Å². The largest absolute Gasteiger partial charge is 0.492 e. The Labute approximate surface area is 174 Å². The van der Waals surface area contributed by atoms with Crippen molar-refractivity contribution in [1.82, 2.24) is 14.8 Å². The average Bonchev–Trinajstić information content (AvgIpc) is 3.32. The molecule has 1 aliphatic rings. The van der Waals surface area contributed by atoms with Gasteiger partial charge in [-0.1, -0.05) is 18.2 Å². The number of para-hydroxylation sites is 1. The van der Waals surface area contributed by atoms with E-state index in [0.29, 0.717) is 30.3 Å². The fraction of sp³-hybridized carbons (Fsp3) is 0.318. The maximum absolute atomic E-state index is 12.4. The number of amides is 1. The number of carbonyl (C=O) groups excluding carboxylic acids is 1. The molecule has 30 heavy (non-hydrogen) atoms. The standard InChI is InChI=1S/C22H24N4O4/c1-22(2)12-16-5-3-8-19(21(16)30-22)29-13-20(27)25-17-6-4-7-18(11-17)28-10-9-26-15-23-14-24-26/h3-8,11,14-15H,9-10,12-13H2,1-2H3,(H,25,27). The third-order valence-corrected chi connectivity index (χ3v) is 4.59. The summed E-state index contributed by atoms with van der Waals surface area (Å²) in [7, 11) is 0. The van der Waals surface area contributed by atoms with Gasteiger partial charge in [0.15, 0.2) is 18.1 Å². The van der Waals surface area contributed by atoms with Gasteiger partial charge in [-0.15, -0.1) is 0 Å². The van der Waals surface area contributed by atoms with E-state index >= 15 is 0 Å². The molecule has 156 valence electrons. The summed E-state index contributed by atoms with van der Waals surface area (Å²) >= 11 is 0. The third-order valence-electron chi connectivity index (χ3n) is 4.59. The van der Waals surface area contributed by atoms with Gasteiger partial charge in [0.1, 0.15) is 30.6 Å². The van der Waals surface area contributed by atoms with Gasteiger partial charge >= 0.3 is 0 Å². The minimum absolute atomic E-state index is 0.113. The molecule has 0 atom stereocenters. The summed E-state index contributed by atoms with van der Waals surface area (Å²) in [5, 5.41) is 6.85. The molecule has 0 fully saturated rings. The predicted octanol–water partition coefficient (Wildman–Crippen LogP) is 3.09. The lowest BCUT2D eigenvalue weighted by molar-refractivity contribution is -0.118. The molecule has 0 spiro atoms. The molecule has 0 unspecified atom stereocenters. The van der Waals surface area contributed by atoms with E-state index in [-0.39, 0.29) is 18.1 Å². The number of nitrogens with one attached hydrogen (secondary N) is 1. The van der Waals surface area contributed by atoms with Crippen molar-refractivity contribution in [2.75, 3.05) is 18.5 Å². The van der Waals surface area contributed by atoms with Crippen molar-refractivity contribution in [1.29, 1.82) is 0 Å². The summed E-state index contributed by atoms with van der Waals surface area (Å²) in [5.41, 5.74) is 1.46. The molecule has 8 nitrogen and oxygen atoms in total. The Morgan fingerprint density at radius 3 is 2.93 bits per heavy atom. The zero-order chi connectivity index (χ0) is 21.0. The van der Waals surface area contributed by atoms with Crippen molar-refractivity contribution >= 4 is 11.6 Å². The first-order valence-electron chi connectivity index (χ1n) is 9.77. The molecule has 1 aliphatic heterocycles. The Morgan fingerprint density at radius 2 is 2.10 bits per heavy atom. The zero-order valence-electron chi connectivity index (χ0n) is 17.0. The number of nitrogens with zero attached hydrogens (tertiary/aromatic N) is 3. The minimum atomic E-state index is -0.265. The minimum Gasteiger partial charge on any atom is -0.492 e. The van der Waals surface area contributed by atoms with E-state index < -0.39 is 0 Å². The van der Waals surface area contributed by atoms with Gasteiger partial charge in [0.2, 0.25) is 0 Å². The second-order valence-corrected chi connectivity index (χ2v) is 7.65. The van der Waals surface area contributed by atoms with E-state index in [1.807, 2.05) is 44.2 Å². The van der Waals surface area contributed by atoms with E-state index in [0.717, 1.165) is 17.7 Å². The Bertz CT molecular complexity index is 1020. The van der Waals surface area contributed by atoms with Crippen LogP contribution in [0.15, 0.2) is 55.1 Å². The highest BCUT2D eigenvalue weighted by Gasteiger charge is 2.32. The summed E-state index contributed by atoms with van der Waals surface area (Å²) < 4.78 is 19.1. The number of anilines is 1. The van der Waals surface area contributed by atoms with Crippen molar-refractivity contribution < 1.29 is 19.0 Å². The number of hydrogen-bond donors (Lipinski definition) is 1. The van der Waals surface area contributed by atoms with Crippen LogP contribution in [0.1, 0.15) is 19.4 Å². The molecule has 0 saturated heterocycles. The molecule has 4 rings (SSSR count). The van der Waals surface area contributed by atoms with E-state index in [9.17, 15) is 4.79 Å². The highest BCUT2D eigenvalue weighted by Crippen LogP contribution is 2.41. The van der Waals surface area contributed by atoms with Gasteiger partial charge in [0, 0.05) is 23.7 Å². The number of benzene rings is 2. The van der Waals surface area contributed by atoms with Crippen LogP contribution in [0.5, 0.6) is 17.2 Å². The van der Waals surface area contributed by atoms with Crippen LogP contribution >= 0.6 is 0 Å². The number of fused-ring (bicyclic) bond motifs is 1. The fourth-order valence-electron chi connectivity index (χ4n) is 3.31. The summed E-state index contributed by atoms with van der Waals surface area (Å²) in [6, 6.07) is 13.0. The van der Waals surface area contributed by atoms with E-state index in [1.54, 1.807) is 23.1 Å². The Morgan fingerprint density at radius 1 is 1.23 bits per heavy atom. The molecular weight excluding hydrogens is 384 g/mol. The topological polar surface area (TPSA) is 87.5 Å². The summed E-state index contributed by atoms with van der Waals surface area (Å²) in [6.45, 7) is 4.98. The molecule has 1 N–H and O–H groups in total. The number of hydrogen-bond acceptors (Lipinski definition) is 6. The summed E-state index contributed by atoms with van der Waals surface area (Å²) in [6.07, 6.45) is 3.93. The lowest BCUT2D eigenvalue weighted by Gasteiger charge is -2.18. The van der Waals surface area contributed by atoms with Gasteiger partial charge in [0.25, 0.3) is 5.91 Å². The van der Waals surface area contributed by atoms with Gasteiger partial charge < -0.3 is 19.5 Å². The first-order valence-corrected chi connectivity index (χ1v) is 9.77. The Kier molecular flexibility index (Phi) is 5.56. The normalized spacial score (nSPS) is 13.9. The van der Waals surface area contributed by atoms with Crippen molar-refractivity contribution in [2.24, 2.45) is 0 Å². The van der Waals surface area contributed by atoms with Crippen molar-refractivity contribution in [3.8, 4) is 17.2 Å². The van der Waals surface area contributed by atoms with Crippen LogP contribution in [-0.2, 0) is 17.8 Å². The molecule has 0 bridgehead atoms. The molecule has 1 amide bonds. The Balaban J connectivity index is 1.29. The highest BCUT2D eigenvalue weighted by atomic mass is 16.5. The number of carbonyl (C=O) groups is 1. The molecular formula is C22H24N4O4. The van der Waals surface area contributed by atoms with Crippen LogP contribution in [0.2, 0.25) is 0 Å². The smallest absolute Gasteiger partial charge is 0.262 e. The van der Waals surface area contributed by atoms with E-state index in [2.05, 4.69) is 15.4 Å². The molecule has 1 aromatic heterocycles. The van der Waals surface area contributed by atoms with Crippen LogP contribution in [0, 0.1) is 0 Å². The zero-order valence-corrected chi connectivity index (χ0v) is 17.0. The van der Waals surface area contributed by atoms with E-state index in [1.165, 1.54) is 6.33 Å². The summed E-state index contributed by atoms with van der Waals surface area (Å²) in [4.78, 5) is 16.2. The fourth-order valence-corrected chi connectivity index (χ4v) is 3.31. The third kappa shape index (κ3) is 4.89. The molecule has 3 aromatic rings. The van der Waals surface area contributed by atoms with Gasteiger partial charge in [-0.2, -0.15) is 5.10 Å². The average molecular weight is 408 g/mol. The van der Waals surface area contributed by atoms with Gasteiger partial charge in [0.05, 0.1) is 6.54 Å². The first-order chi connectivity index (χ1) is 14.5. The van der Waals surface area contributed by atoms with E-state index in [4.69, 9.17) is 14.2 Å². The number of ether oxygens (including phenoxy) is 3. The van der Waals surface area contributed by atoms with Crippen LogP contribution in [0.3, 0.4) is 0 Å². The molecule has 2 aromatic carbocycles. The van der Waals surface area contributed by atoms with Gasteiger partial charge in [-0.25, -0.2) is 9.67 Å². The van der Waals surface area contributed by atoms with Crippen LogP contribution < -0.4 is 19.5 Å². The number of rotatable bonds is 8.